The van der Waals surface area contributed by atoms with Crippen LogP contribution >= 0.6 is 0 Å². The van der Waals surface area contributed by atoms with Crippen LogP contribution < -0.4 is 0 Å². The zero-order valence-electron chi connectivity index (χ0n) is 9.27. The van der Waals surface area contributed by atoms with E-state index in [1.165, 1.54) is 12.8 Å². The highest BCUT2D eigenvalue weighted by Crippen LogP contribution is 2.08. The van der Waals surface area contributed by atoms with E-state index in [1.54, 1.807) is 6.92 Å². The minimum atomic E-state index is -0.601. The molecule has 1 aliphatic heterocycles. The van der Waals surface area contributed by atoms with Gasteiger partial charge in [-0.2, -0.15) is 0 Å². The molecule has 0 N–H and O–H groups in total. The second-order valence-corrected chi connectivity index (χ2v) is 3.58. The van der Waals surface area contributed by atoms with E-state index in [4.69, 9.17) is 4.74 Å². The molecule has 84 valence electrons. The quantitative estimate of drug-likeness (QED) is 0.500. The maximum atomic E-state index is 11.4. The normalized spacial score (nSPS) is 19.1. The van der Waals surface area contributed by atoms with Gasteiger partial charge in [-0.15, -0.1) is 10.2 Å². The van der Waals surface area contributed by atoms with Gasteiger partial charge in [0.25, 0.3) is 0 Å². The van der Waals surface area contributed by atoms with Crippen LogP contribution in [0.15, 0.2) is 15.4 Å². The number of esters is 1. The highest BCUT2D eigenvalue weighted by atomic mass is 16.5. The maximum absolute atomic E-state index is 11.4. The molecule has 0 radical (unpaired) electrons. The van der Waals surface area contributed by atoms with Gasteiger partial charge < -0.3 is 4.74 Å². The van der Waals surface area contributed by atoms with E-state index in [9.17, 15) is 4.79 Å². The maximum Gasteiger partial charge on any atom is 0.338 e. The lowest BCUT2D eigenvalue weighted by molar-refractivity contribution is -0.143. The van der Waals surface area contributed by atoms with Crippen molar-refractivity contribution in [2.24, 2.45) is 15.4 Å². The van der Waals surface area contributed by atoms with E-state index in [0.29, 0.717) is 12.3 Å². The second kappa shape index (κ2) is 6.27. The molecule has 1 unspecified atom stereocenters. The molecular weight excluding hydrogens is 194 g/mol. The van der Waals surface area contributed by atoms with Crippen molar-refractivity contribution in [1.82, 2.24) is 0 Å². The topological polar surface area (TPSA) is 63.4 Å². The Bertz CT molecular complexity index is 274. The Morgan fingerprint density at radius 3 is 2.80 bits per heavy atom. The number of carbonyl (C=O) groups is 1. The number of rotatable bonds is 6. The number of hydrogen-bond donors (Lipinski definition) is 0. The summed E-state index contributed by atoms with van der Waals surface area (Å²) in [4.78, 5) is 11.4. The third-order valence-corrected chi connectivity index (χ3v) is 2.23. The van der Waals surface area contributed by atoms with E-state index in [-0.39, 0.29) is 5.97 Å². The van der Waals surface area contributed by atoms with Gasteiger partial charge in [0.05, 0.1) is 12.3 Å². The van der Waals surface area contributed by atoms with Gasteiger partial charge in [-0.25, -0.2) is 4.79 Å². The molecule has 1 aliphatic rings. The van der Waals surface area contributed by atoms with Crippen molar-refractivity contribution in [3.63, 3.8) is 0 Å². The summed E-state index contributed by atoms with van der Waals surface area (Å²) in [6, 6.07) is -0.601. The van der Waals surface area contributed by atoms with Gasteiger partial charge in [0.1, 0.15) is 0 Å². The average molecular weight is 211 g/mol. The van der Waals surface area contributed by atoms with Crippen LogP contribution in [-0.2, 0) is 9.53 Å². The first kappa shape index (κ1) is 11.8. The van der Waals surface area contributed by atoms with Crippen LogP contribution in [0, 0.1) is 0 Å². The van der Waals surface area contributed by atoms with E-state index in [0.717, 1.165) is 12.8 Å². The predicted molar refractivity (Wildman–Crippen MR) is 56.9 cm³/mol. The fraction of sp³-hybridized carbons (Fsp3) is 0.800. The molecule has 0 aliphatic carbocycles. The van der Waals surface area contributed by atoms with Gasteiger partial charge in [-0.3, -0.25) is 0 Å². The third-order valence-electron chi connectivity index (χ3n) is 2.23. The second-order valence-electron chi connectivity index (χ2n) is 3.58. The number of nitrogens with zero attached hydrogens (tertiary/aromatic N) is 3. The first-order valence-electron chi connectivity index (χ1n) is 5.36. The standard InChI is InChI=1S/C10H17N3O2/c1-3-4-5-6-7-15-10(14)9-8(2)11-13-12-9/h9H,3-7H2,1-2H3. The molecule has 0 saturated heterocycles. The summed E-state index contributed by atoms with van der Waals surface area (Å²) in [5.74, 6) is -0.339. The molecule has 5 heteroatoms. The minimum absolute atomic E-state index is 0.339. The van der Waals surface area contributed by atoms with Crippen molar-refractivity contribution in [2.45, 2.75) is 45.6 Å². The molecule has 15 heavy (non-hydrogen) atoms. The summed E-state index contributed by atoms with van der Waals surface area (Å²) in [6.07, 6.45) is 4.38. The van der Waals surface area contributed by atoms with Crippen molar-refractivity contribution < 1.29 is 9.53 Å². The SMILES string of the molecule is CCCCCCOC(=O)C1N=NN=C1C. The number of carbonyl (C=O) groups excluding carboxylic acids is 1. The van der Waals surface area contributed by atoms with Gasteiger partial charge in [-0.1, -0.05) is 26.2 Å². The Kier molecular flexibility index (Phi) is 4.93. The van der Waals surface area contributed by atoms with Crippen LogP contribution in [0.25, 0.3) is 0 Å². The Morgan fingerprint density at radius 2 is 2.20 bits per heavy atom. The van der Waals surface area contributed by atoms with E-state index < -0.39 is 6.04 Å². The van der Waals surface area contributed by atoms with Gasteiger partial charge in [-0.05, 0) is 18.6 Å². The van der Waals surface area contributed by atoms with Gasteiger partial charge >= 0.3 is 5.97 Å². The first-order valence-corrected chi connectivity index (χ1v) is 5.36. The molecule has 1 atom stereocenters. The van der Waals surface area contributed by atoms with Crippen LogP contribution in [0.4, 0.5) is 0 Å². The van der Waals surface area contributed by atoms with Crippen molar-refractivity contribution in [3.05, 3.63) is 0 Å². The first-order chi connectivity index (χ1) is 7.25. The van der Waals surface area contributed by atoms with Crippen molar-refractivity contribution >= 4 is 11.7 Å². The largest absolute Gasteiger partial charge is 0.464 e. The van der Waals surface area contributed by atoms with Crippen molar-refractivity contribution in [2.75, 3.05) is 6.61 Å². The molecule has 0 aromatic rings. The summed E-state index contributed by atoms with van der Waals surface area (Å²) in [5, 5.41) is 10.8. The summed E-state index contributed by atoms with van der Waals surface area (Å²) in [5.41, 5.74) is 0.605. The summed E-state index contributed by atoms with van der Waals surface area (Å²) in [7, 11) is 0. The summed E-state index contributed by atoms with van der Waals surface area (Å²) >= 11 is 0. The molecule has 5 nitrogen and oxygen atoms in total. The lowest BCUT2D eigenvalue weighted by Crippen LogP contribution is -2.26. The number of ether oxygens (including phenoxy) is 1. The average Bonchev–Trinajstić information content (AvgIpc) is 2.64. The summed E-state index contributed by atoms with van der Waals surface area (Å²) in [6.45, 7) is 4.34. The van der Waals surface area contributed by atoms with E-state index in [1.807, 2.05) is 0 Å². The molecule has 0 bridgehead atoms. The number of unbranched alkanes of at least 4 members (excludes halogenated alkanes) is 3. The van der Waals surface area contributed by atoms with Crippen molar-refractivity contribution in [3.8, 4) is 0 Å². The Morgan fingerprint density at radius 1 is 1.40 bits per heavy atom. The van der Waals surface area contributed by atoms with Crippen LogP contribution in [-0.4, -0.2) is 24.3 Å². The minimum Gasteiger partial charge on any atom is -0.464 e. The lowest BCUT2D eigenvalue weighted by atomic mass is 10.2. The molecule has 0 saturated carbocycles. The Labute approximate surface area is 89.6 Å². The van der Waals surface area contributed by atoms with Gasteiger partial charge in [0.15, 0.2) is 0 Å². The summed E-state index contributed by atoms with van der Waals surface area (Å²) < 4.78 is 5.07. The van der Waals surface area contributed by atoms with Crippen LogP contribution in [0.2, 0.25) is 0 Å². The Balaban J connectivity index is 2.14. The van der Waals surface area contributed by atoms with Crippen molar-refractivity contribution in [1.29, 1.82) is 0 Å². The van der Waals surface area contributed by atoms with Gasteiger partial charge in [0.2, 0.25) is 6.04 Å². The molecule has 1 heterocycles. The molecule has 0 aromatic carbocycles. The van der Waals surface area contributed by atoms with E-state index in [2.05, 4.69) is 22.4 Å². The molecule has 1 rings (SSSR count). The lowest BCUT2D eigenvalue weighted by Gasteiger charge is -2.06. The molecule has 0 amide bonds. The molecular formula is C10H17N3O2. The smallest absolute Gasteiger partial charge is 0.338 e. The van der Waals surface area contributed by atoms with Crippen LogP contribution in [0.1, 0.15) is 39.5 Å². The zero-order valence-corrected chi connectivity index (χ0v) is 9.27. The fourth-order valence-corrected chi connectivity index (χ4v) is 1.28. The predicted octanol–water partition coefficient (Wildman–Crippen LogP) is 2.32. The molecule has 0 aromatic heterocycles. The van der Waals surface area contributed by atoms with Crippen LogP contribution in [0.5, 0.6) is 0 Å². The Hall–Kier alpha value is -1.26. The monoisotopic (exact) mass is 211 g/mol. The third kappa shape index (κ3) is 3.77. The number of hydrogen-bond acceptors (Lipinski definition) is 5. The molecule has 0 fully saturated rings. The van der Waals surface area contributed by atoms with Crippen LogP contribution in [0.3, 0.4) is 0 Å². The fourth-order valence-electron chi connectivity index (χ4n) is 1.28. The highest BCUT2D eigenvalue weighted by molar-refractivity contribution is 6.05. The highest BCUT2D eigenvalue weighted by Gasteiger charge is 2.25. The molecule has 0 spiro atoms. The van der Waals surface area contributed by atoms with Gasteiger partial charge in [0, 0.05) is 0 Å². The zero-order chi connectivity index (χ0) is 11.1. The van der Waals surface area contributed by atoms with E-state index >= 15 is 0 Å².